The maximum absolute atomic E-state index is 13.0. The number of allylic oxidation sites excluding steroid dienone is 1. The molecule has 0 aliphatic carbocycles. The second kappa shape index (κ2) is 6.21. The van der Waals surface area contributed by atoms with E-state index in [0.717, 1.165) is 5.57 Å². The van der Waals surface area contributed by atoms with Gasteiger partial charge in [-0.2, -0.15) is 0 Å². The summed E-state index contributed by atoms with van der Waals surface area (Å²) < 4.78 is 0. The van der Waals surface area contributed by atoms with Crippen molar-refractivity contribution in [2.24, 2.45) is 0 Å². The Balaban J connectivity index is 2.04. The summed E-state index contributed by atoms with van der Waals surface area (Å²) in [7, 11) is 0. The Kier molecular flexibility index (Phi) is 4.11. The monoisotopic (exact) mass is 305 g/mol. The molecule has 0 bridgehead atoms. The van der Waals surface area contributed by atoms with Crippen molar-refractivity contribution in [3.8, 4) is 0 Å². The smallest absolute Gasteiger partial charge is 0.258 e. The lowest BCUT2D eigenvalue weighted by atomic mass is 10.0. The first-order chi connectivity index (χ1) is 11.1. The van der Waals surface area contributed by atoms with Crippen LogP contribution >= 0.6 is 0 Å². The highest BCUT2D eigenvalue weighted by Gasteiger charge is 2.39. The maximum atomic E-state index is 13.0. The zero-order valence-corrected chi connectivity index (χ0v) is 13.3. The fourth-order valence-corrected chi connectivity index (χ4v) is 2.89. The number of carbonyl (C=O) groups is 2. The number of hydrogen-bond acceptors (Lipinski definition) is 2. The van der Waals surface area contributed by atoms with Crippen LogP contribution in [0.15, 0.2) is 66.2 Å². The first-order valence-corrected chi connectivity index (χ1v) is 7.75. The summed E-state index contributed by atoms with van der Waals surface area (Å²) in [5.41, 5.74) is 3.07. The molecule has 23 heavy (non-hydrogen) atoms. The van der Waals surface area contributed by atoms with Crippen LogP contribution in [0.3, 0.4) is 0 Å². The molecule has 116 valence electrons. The Morgan fingerprint density at radius 3 is 2.39 bits per heavy atom. The van der Waals surface area contributed by atoms with Crippen LogP contribution in [-0.2, 0) is 0 Å². The van der Waals surface area contributed by atoms with Gasteiger partial charge in [0, 0.05) is 11.1 Å². The molecule has 1 unspecified atom stereocenters. The van der Waals surface area contributed by atoms with Gasteiger partial charge in [-0.05, 0) is 44.5 Å². The number of anilines is 1. The lowest BCUT2D eigenvalue weighted by molar-refractivity contribution is 0.0915. The number of fused-ring (bicyclic) bond motifs is 1. The quantitative estimate of drug-likeness (QED) is 0.795. The molecule has 1 heterocycles. The molecule has 3 nitrogen and oxygen atoms in total. The van der Waals surface area contributed by atoms with Gasteiger partial charge < -0.3 is 0 Å². The standard InChI is InChI=1S/C20H19NO2/c1-14(2)12-13-18-19(22)16-10-6-7-11-17(16)21(18)20(23)15-8-4-3-5-9-15/h3-12,18H,13H2,1-2H3. The minimum Gasteiger partial charge on any atom is -0.296 e. The lowest BCUT2D eigenvalue weighted by Gasteiger charge is -2.24. The summed E-state index contributed by atoms with van der Waals surface area (Å²) in [6, 6.07) is 16.0. The van der Waals surface area contributed by atoms with E-state index in [2.05, 4.69) is 0 Å². The molecule has 1 amide bonds. The third kappa shape index (κ3) is 2.82. The van der Waals surface area contributed by atoms with E-state index in [4.69, 9.17) is 0 Å². The maximum Gasteiger partial charge on any atom is 0.258 e. The summed E-state index contributed by atoms with van der Waals surface area (Å²) in [6.45, 7) is 3.99. The van der Waals surface area contributed by atoms with Gasteiger partial charge in [0.15, 0.2) is 5.78 Å². The van der Waals surface area contributed by atoms with Gasteiger partial charge in [0.05, 0.1) is 5.69 Å². The van der Waals surface area contributed by atoms with Crippen LogP contribution < -0.4 is 4.90 Å². The molecule has 3 heteroatoms. The minimum absolute atomic E-state index is 0.0161. The number of para-hydroxylation sites is 1. The first kappa shape index (κ1) is 15.2. The van der Waals surface area contributed by atoms with Gasteiger partial charge in [0.25, 0.3) is 5.91 Å². The number of benzene rings is 2. The molecule has 1 aliphatic heterocycles. The second-order valence-corrected chi connectivity index (χ2v) is 5.96. The zero-order valence-electron chi connectivity index (χ0n) is 13.3. The Morgan fingerprint density at radius 2 is 1.70 bits per heavy atom. The highest BCUT2D eigenvalue weighted by Crippen LogP contribution is 2.34. The second-order valence-electron chi connectivity index (χ2n) is 5.96. The van der Waals surface area contributed by atoms with E-state index in [1.807, 2.05) is 56.3 Å². The molecule has 3 rings (SSSR count). The largest absolute Gasteiger partial charge is 0.296 e. The van der Waals surface area contributed by atoms with Crippen LogP contribution in [0.4, 0.5) is 5.69 Å². The molecular weight excluding hydrogens is 286 g/mol. The van der Waals surface area contributed by atoms with Crippen molar-refractivity contribution < 1.29 is 9.59 Å². The molecule has 0 aromatic heterocycles. The van der Waals surface area contributed by atoms with Gasteiger partial charge in [-0.25, -0.2) is 0 Å². The molecule has 0 N–H and O–H groups in total. The number of ketones is 1. The van der Waals surface area contributed by atoms with E-state index in [1.54, 1.807) is 23.1 Å². The molecule has 1 atom stereocenters. The molecule has 1 aliphatic rings. The average molecular weight is 305 g/mol. The molecule has 2 aromatic carbocycles. The fraction of sp³-hybridized carbons (Fsp3) is 0.200. The highest BCUT2D eigenvalue weighted by molar-refractivity contribution is 6.21. The summed E-state index contributed by atoms with van der Waals surface area (Å²) in [4.78, 5) is 27.3. The van der Waals surface area contributed by atoms with Gasteiger partial charge >= 0.3 is 0 Å². The Morgan fingerprint density at radius 1 is 1.04 bits per heavy atom. The lowest BCUT2D eigenvalue weighted by Crippen LogP contribution is -2.40. The van der Waals surface area contributed by atoms with Gasteiger partial charge in [0.1, 0.15) is 6.04 Å². The van der Waals surface area contributed by atoms with Crippen molar-refractivity contribution in [2.75, 3.05) is 4.90 Å². The number of amides is 1. The number of carbonyl (C=O) groups excluding carboxylic acids is 2. The van der Waals surface area contributed by atoms with Gasteiger partial charge in [-0.3, -0.25) is 14.5 Å². The van der Waals surface area contributed by atoms with Crippen LogP contribution in [-0.4, -0.2) is 17.7 Å². The van der Waals surface area contributed by atoms with E-state index in [9.17, 15) is 9.59 Å². The highest BCUT2D eigenvalue weighted by atomic mass is 16.2. The van der Waals surface area contributed by atoms with E-state index >= 15 is 0 Å². The van der Waals surface area contributed by atoms with Crippen molar-refractivity contribution in [1.82, 2.24) is 0 Å². The predicted octanol–water partition coefficient (Wildman–Crippen LogP) is 4.25. The third-order valence-corrected chi connectivity index (χ3v) is 4.03. The van der Waals surface area contributed by atoms with Crippen molar-refractivity contribution in [1.29, 1.82) is 0 Å². The molecule has 2 aromatic rings. The Bertz CT molecular complexity index is 773. The summed E-state index contributed by atoms with van der Waals surface area (Å²) in [5.74, 6) is -0.113. The average Bonchev–Trinajstić information content (AvgIpc) is 2.86. The summed E-state index contributed by atoms with van der Waals surface area (Å²) >= 11 is 0. The molecular formula is C20H19NO2. The molecule has 0 fully saturated rings. The predicted molar refractivity (Wildman–Crippen MR) is 91.9 cm³/mol. The van der Waals surface area contributed by atoms with E-state index < -0.39 is 6.04 Å². The van der Waals surface area contributed by atoms with E-state index in [0.29, 0.717) is 23.2 Å². The normalized spacial score (nSPS) is 16.2. The summed E-state index contributed by atoms with van der Waals surface area (Å²) in [6.07, 6.45) is 2.55. The number of nitrogens with zero attached hydrogens (tertiary/aromatic N) is 1. The van der Waals surface area contributed by atoms with Crippen molar-refractivity contribution >= 4 is 17.4 Å². The first-order valence-electron chi connectivity index (χ1n) is 7.75. The SMILES string of the molecule is CC(C)=CCC1C(=O)c2ccccc2N1C(=O)c1ccccc1. The Labute approximate surface area is 136 Å². The van der Waals surface area contributed by atoms with Gasteiger partial charge in [-0.15, -0.1) is 0 Å². The minimum atomic E-state index is -0.463. The van der Waals surface area contributed by atoms with Crippen molar-refractivity contribution in [3.63, 3.8) is 0 Å². The van der Waals surface area contributed by atoms with Crippen LogP contribution in [0.25, 0.3) is 0 Å². The van der Waals surface area contributed by atoms with Crippen molar-refractivity contribution in [3.05, 3.63) is 77.4 Å². The topological polar surface area (TPSA) is 37.4 Å². The number of hydrogen-bond donors (Lipinski definition) is 0. The van der Waals surface area contributed by atoms with Gasteiger partial charge in [-0.1, -0.05) is 42.0 Å². The van der Waals surface area contributed by atoms with Crippen LogP contribution in [0.5, 0.6) is 0 Å². The number of rotatable bonds is 3. The third-order valence-electron chi connectivity index (χ3n) is 4.03. The zero-order chi connectivity index (χ0) is 16.4. The molecule has 0 saturated heterocycles. The number of Topliss-reactive ketones (excluding diaryl/α,β-unsaturated/α-hetero) is 1. The van der Waals surface area contributed by atoms with Crippen molar-refractivity contribution in [2.45, 2.75) is 26.3 Å². The fourth-order valence-electron chi connectivity index (χ4n) is 2.89. The van der Waals surface area contributed by atoms with Crippen LogP contribution in [0, 0.1) is 0 Å². The Hall–Kier alpha value is -2.68. The molecule has 0 saturated carbocycles. The van der Waals surface area contributed by atoms with Gasteiger partial charge in [0.2, 0.25) is 0 Å². The summed E-state index contributed by atoms with van der Waals surface area (Å²) in [5, 5.41) is 0. The van der Waals surface area contributed by atoms with Crippen LogP contribution in [0.1, 0.15) is 41.0 Å². The molecule has 0 spiro atoms. The van der Waals surface area contributed by atoms with Crippen LogP contribution in [0.2, 0.25) is 0 Å². The van der Waals surface area contributed by atoms with E-state index in [1.165, 1.54) is 0 Å². The van der Waals surface area contributed by atoms with E-state index in [-0.39, 0.29) is 11.7 Å². The molecule has 0 radical (unpaired) electrons.